The maximum Gasteiger partial charge on any atom is 0.410 e. The number of rotatable bonds is 33. The summed E-state index contributed by atoms with van der Waals surface area (Å²) in [6, 6.07) is 41.2. The van der Waals surface area contributed by atoms with E-state index in [1.165, 1.54) is 19.7 Å². The molecule has 5 aliphatic rings. The number of nitrogens with zero attached hydrogens (tertiary/aromatic N) is 3. The number of morpholine rings is 1. The minimum absolute atomic E-state index is 0.0146. The second kappa shape index (κ2) is 48.3. The minimum atomic E-state index is -4.33. The number of esters is 1. The Labute approximate surface area is 618 Å². The summed E-state index contributed by atoms with van der Waals surface area (Å²) >= 11 is 0. The highest BCUT2D eigenvalue weighted by atomic mass is 32.2. The lowest BCUT2D eigenvalue weighted by Gasteiger charge is -2.50. The summed E-state index contributed by atoms with van der Waals surface area (Å²) in [5.41, 5.74) is -1.88. The molecule has 2 saturated carbocycles. The van der Waals surface area contributed by atoms with Crippen LogP contribution in [0.2, 0.25) is 0 Å². The molecule has 2 N–H and O–H groups in total. The number of ketones is 1. The van der Waals surface area contributed by atoms with Gasteiger partial charge in [-0.1, -0.05) is 93.6 Å². The summed E-state index contributed by atoms with van der Waals surface area (Å²) in [7, 11) is 0.565. The number of carbonyl (C=O) groups is 3. The monoisotopic (exact) mass is 1490 g/mol. The number of Topliss-reactive ketones (excluding diaryl/α,β-unsaturated/α-hetero) is 1. The van der Waals surface area contributed by atoms with E-state index in [1.54, 1.807) is 38.4 Å². The van der Waals surface area contributed by atoms with Gasteiger partial charge in [-0.15, -0.1) is 0 Å². The van der Waals surface area contributed by atoms with Crippen LogP contribution in [-0.4, -0.2) is 251 Å². The van der Waals surface area contributed by atoms with Gasteiger partial charge >= 0.3 is 12.1 Å². The number of hydrogen-bond donors (Lipinski definition) is 2. The van der Waals surface area contributed by atoms with Gasteiger partial charge < -0.3 is 76.6 Å². The Kier molecular flexibility index (Phi) is 42.4. The molecule has 1 amide bonds. The van der Waals surface area contributed by atoms with E-state index in [1.807, 2.05) is 80.5 Å². The number of aliphatic hydroxyl groups is 1. The second-order valence-corrected chi connectivity index (χ2v) is 31.7. The third-order valence-electron chi connectivity index (χ3n) is 18.7. The highest BCUT2D eigenvalue weighted by Gasteiger charge is 2.64. The zero-order valence-corrected chi connectivity index (χ0v) is 65.2. The summed E-state index contributed by atoms with van der Waals surface area (Å²) in [5.74, 6) is -0.578. The van der Waals surface area contributed by atoms with E-state index in [4.69, 9.17) is 56.8 Å². The summed E-state index contributed by atoms with van der Waals surface area (Å²) in [5, 5.41) is 20.9. The van der Waals surface area contributed by atoms with Crippen LogP contribution in [0.3, 0.4) is 0 Å². The predicted molar refractivity (Wildman–Crippen MR) is 396 cm³/mol. The Morgan fingerprint density at radius 2 is 1.05 bits per heavy atom. The number of amides is 1. The van der Waals surface area contributed by atoms with Crippen LogP contribution in [0.4, 0.5) is 4.79 Å². The van der Waals surface area contributed by atoms with E-state index in [-0.39, 0.29) is 52.3 Å². The number of benzene rings is 4. The van der Waals surface area contributed by atoms with Crippen molar-refractivity contribution in [2.24, 2.45) is 16.7 Å². The Hall–Kier alpha value is -5.01. The molecule has 9 rings (SSSR count). The number of hydroxylamine groups is 2. The normalized spacial score (nSPS) is 19.4. The number of carbonyl (C=O) groups excluding carboxylic acids is 3. The van der Waals surface area contributed by atoms with E-state index in [0.717, 1.165) is 65.3 Å². The lowest BCUT2D eigenvalue weighted by molar-refractivity contribution is -0.256. The van der Waals surface area contributed by atoms with Gasteiger partial charge in [0, 0.05) is 103 Å². The first kappa shape index (κ1) is 90.4. The van der Waals surface area contributed by atoms with Gasteiger partial charge in [-0.05, 0) is 140 Å². The van der Waals surface area contributed by atoms with Gasteiger partial charge in [0.25, 0.3) is 0 Å². The largest absolute Gasteiger partial charge is 0.748 e. The molecule has 4 aromatic rings. The van der Waals surface area contributed by atoms with Crippen molar-refractivity contribution in [1.82, 2.24) is 14.9 Å². The standard InChI is InChI=1S/C18H15S.C16H23NO3.C13H27NO5.C11H21NO3.C10H22O5.C10H16O4S/c1-4-10-16(11-5-1)19(17-12-6-2-7-13-17)18-14-8-3-9-15-18;1-15(2)10-13(11-16(3,4)17(15)19)20-14(18)12-8-6-5-7-9-12;1-15-13-19-12-11-17-7-2-6-16-8-3-14-4-9-18-10-5-14;1-4-11(2,3)15-10(14)12-7-5-9(13)6-8-12;1-11-3-5-13-7-9-15-10-8-14-6-4-12-2;1-9(2)7-3-4-10(9,8(11)5-7)6-15(12,13)14/h1-15H;5-9,13,19H,10-11H2,1-4H3;2-13H2,1H3;9,13H,4-8H2,1-3H3;3-10H2,1-2H3;7H,3-6H2,1-2H3,(H,12,13,14)/q+1;;;;;/p-1. The third-order valence-corrected chi connectivity index (χ3v) is 21.8. The minimum Gasteiger partial charge on any atom is -0.748 e. The SMILES string of the molecule is CC1(C)C2CCC1(CS(=O)(=O)[O-])C(=O)C2.CC1(C)CC(OC(=O)c2ccccc2)CC(C)(C)N1O.CCC(C)(C)OC(=O)N1CCC(O)CC1.COCCOCCOCCOCCOC.COCOCCOCCCOCCN1CCOCC1.c1ccc([S+](c2ccccc2)c2ccccc2)cc1. The molecule has 103 heavy (non-hydrogen) atoms. The van der Waals surface area contributed by atoms with Gasteiger partial charge in [-0.25, -0.2) is 18.0 Å². The van der Waals surface area contributed by atoms with Gasteiger partial charge in [0.2, 0.25) is 0 Å². The van der Waals surface area contributed by atoms with Crippen LogP contribution < -0.4 is 0 Å². The van der Waals surface area contributed by atoms with Crippen LogP contribution in [0, 0.1) is 16.7 Å². The van der Waals surface area contributed by atoms with E-state index in [0.29, 0.717) is 137 Å². The van der Waals surface area contributed by atoms with E-state index in [2.05, 4.69) is 95.9 Å². The molecule has 23 nitrogen and oxygen atoms in total. The summed E-state index contributed by atoms with van der Waals surface area (Å²) in [4.78, 5) is 43.8. The summed E-state index contributed by atoms with van der Waals surface area (Å²) in [6.45, 7) is 32.0. The van der Waals surface area contributed by atoms with E-state index >= 15 is 0 Å². The summed E-state index contributed by atoms with van der Waals surface area (Å²) in [6.07, 6.45) is 5.45. The second-order valence-electron chi connectivity index (χ2n) is 28.2. The quantitative estimate of drug-likeness (QED) is 0.0147. The molecule has 2 bridgehead atoms. The molecule has 0 aromatic heterocycles. The van der Waals surface area contributed by atoms with Crippen molar-refractivity contribution in [3.05, 3.63) is 127 Å². The first-order chi connectivity index (χ1) is 49.2. The molecule has 3 aliphatic heterocycles. The fourth-order valence-electron chi connectivity index (χ4n) is 12.5. The lowest BCUT2D eigenvalue weighted by Crippen LogP contribution is -2.60. The van der Waals surface area contributed by atoms with Gasteiger partial charge in [0.05, 0.1) is 124 Å². The molecule has 25 heteroatoms. The summed E-state index contributed by atoms with van der Waals surface area (Å²) < 4.78 is 95.1. The molecule has 3 saturated heterocycles. The van der Waals surface area contributed by atoms with E-state index in [9.17, 15) is 37.7 Å². The number of aliphatic hydroxyl groups excluding tert-OH is 1. The fraction of sp³-hybridized carbons (Fsp3) is 0.654. The molecular formula is C78H123N3O20S2. The fourth-order valence-corrected chi connectivity index (χ4v) is 15.9. The van der Waals surface area contributed by atoms with Crippen LogP contribution in [-0.2, 0) is 82.7 Å². The number of ether oxygens (including phenoxy) is 12. The Balaban J connectivity index is 0.000000263. The van der Waals surface area contributed by atoms with Crippen molar-refractivity contribution in [1.29, 1.82) is 0 Å². The van der Waals surface area contributed by atoms with Gasteiger partial charge in [-0.3, -0.25) is 9.69 Å². The van der Waals surface area contributed by atoms with Crippen LogP contribution in [0.1, 0.15) is 130 Å². The van der Waals surface area contributed by atoms with Crippen molar-refractivity contribution < 1.29 is 94.5 Å². The molecule has 3 heterocycles. The highest BCUT2D eigenvalue weighted by molar-refractivity contribution is 7.97. The van der Waals surface area contributed by atoms with Gasteiger partial charge in [0.1, 0.15) is 24.3 Å². The van der Waals surface area contributed by atoms with Crippen molar-refractivity contribution in [3.63, 3.8) is 0 Å². The van der Waals surface area contributed by atoms with Crippen molar-refractivity contribution in [2.75, 3.05) is 166 Å². The Morgan fingerprint density at radius 1 is 0.612 bits per heavy atom. The zero-order chi connectivity index (χ0) is 75.6. The molecule has 2 atom stereocenters. The first-order valence-electron chi connectivity index (χ1n) is 36.2. The molecule has 2 unspecified atom stereocenters. The predicted octanol–water partition coefficient (Wildman–Crippen LogP) is 11.4. The zero-order valence-electron chi connectivity index (χ0n) is 63.6. The molecule has 0 radical (unpaired) electrons. The molecule has 0 spiro atoms. The Bertz CT molecular complexity index is 2890. The molecule has 4 aromatic carbocycles. The van der Waals surface area contributed by atoms with Crippen LogP contribution >= 0.6 is 0 Å². The number of hydrogen-bond acceptors (Lipinski definition) is 22. The topological polar surface area (TPSA) is 269 Å². The van der Waals surface area contributed by atoms with Crippen molar-refractivity contribution in [2.45, 2.75) is 164 Å². The number of likely N-dealkylation sites (tertiary alicyclic amines) is 1. The third kappa shape index (κ3) is 33.8. The molecule has 582 valence electrons. The number of fused-ring (bicyclic) bond motifs is 2. The Morgan fingerprint density at radius 3 is 1.47 bits per heavy atom. The highest BCUT2D eigenvalue weighted by Crippen LogP contribution is 2.64. The van der Waals surface area contributed by atoms with Crippen LogP contribution in [0.25, 0.3) is 0 Å². The first-order valence-corrected chi connectivity index (χ1v) is 39.0. The van der Waals surface area contributed by atoms with Gasteiger partial charge in [-0.2, -0.15) is 5.06 Å². The smallest absolute Gasteiger partial charge is 0.410 e. The van der Waals surface area contributed by atoms with Gasteiger partial charge in [0.15, 0.2) is 14.7 Å². The van der Waals surface area contributed by atoms with Crippen molar-refractivity contribution in [3.8, 4) is 0 Å². The van der Waals surface area contributed by atoms with Crippen LogP contribution in [0.15, 0.2) is 136 Å². The maximum atomic E-state index is 12.1. The average molecular weight is 1490 g/mol. The number of piperidine rings is 2. The number of methoxy groups -OCH3 is 3. The molecular weight excluding hydrogens is 1360 g/mol. The lowest BCUT2D eigenvalue weighted by atomic mass is 9.70. The molecule has 2 aliphatic carbocycles. The average Bonchev–Trinajstić information content (AvgIpc) is 1.55. The maximum absolute atomic E-state index is 12.1. The molecule has 5 fully saturated rings. The van der Waals surface area contributed by atoms with E-state index < -0.39 is 38.0 Å². The van der Waals surface area contributed by atoms with Crippen molar-refractivity contribution >= 4 is 38.9 Å². The van der Waals surface area contributed by atoms with Crippen LogP contribution in [0.5, 0.6) is 0 Å².